The zero-order chi connectivity index (χ0) is 17.3. The van der Waals surface area contributed by atoms with Gasteiger partial charge in [0.15, 0.2) is 0 Å². The molecule has 0 radical (unpaired) electrons. The summed E-state index contributed by atoms with van der Waals surface area (Å²) in [6.45, 7) is 3.87. The highest BCUT2D eigenvalue weighted by Crippen LogP contribution is 2.32. The Hall–Kier alpha value is -1.44. The van der Waals surface area contributed by atoms with Gasteiger partial charge in [0.25, 0.3) is 0 Å². The van der Waals surface area contributed by atoms with Crippen molar-refractivity contribution in [3.05, 3.63) is 23.8 Å². The first-order valence-electron chi connectivity index (χ1n) is 8.54. The van der Waals surface area contributed by atoms with Crippen molar-refractivity contribution < 1.29 is 13.2 Å². The van der Waals surface area contributed by atoms with E-state index < -0.39 is 10.0 Å². The van der Waals surface area contributed by atoms with E-state index in [2.05, 4.69) is 0 Å². The number of hydrogen-bond acceptors (Lipinski definition) is 4. The van der Waals surface area contributed by atoms with Crippen molar-refractivity contribution in [2.24, 2.45) is 11.7 Å². The molecular weight excluding hydrogens is 326 g/mol. The molecule has 2 N–H and O–H groups in total. The molecule has 1 fully saturated rings. The van der Waals surface area contributed by atoms with Gasteiger partial charge in [-0.25, -0.2) is 8.42 Å². The van der Waals surface area contributed by atoms with Crippen molar-refractivity contribution in [1.29, 1.82) is 0 Å². The van der Waals surface area contributed by atoms with Crippen LogP contribution in [0.4, 0.5) is 5.69 Å². The van der Waals surface area contributed by atoms with Crippen molar-refractivity contribution in [2.75, 3.05) is 31.1 Å². The lowest BCUT2D eigenvalue weighted by Crippen LogP contribution is -2.40. The van der Waals surface area contributed by atoms with Crippen molar-refractivity contribution >= 4 is 21.6 Å². The molecule has 0 spiro atoms. The van der Waals surface area contributed by atoms with Crippen molar-refractivity contribution in [3.63, 3.8) is 0 Å². The fourth-order valence-electron chi connectivity index (χ4n) is 3.73. The molecular formula is C17H25N3O3S. The number of piperidine rings is 1. The van der Waals surface area contributed by atoms with Crippen LogP contribution in [0, 0.1) is 5.92 Å². The molecule has 1 unspecified atom stereocenters. The summed E-state index contributed by atoms with van der Waals surface area (Å²) in [5, 5.41) is 0. The topological polar surface area (TPSA) is 83.7 Å². The Kier molecular flexibility index (Phi) is 4.94. The molecule has 7 heteroatoms. The average molecular weight is 351 g/mol. The number of rotatable bonds is 4. The minimum atomic E-state index is -3.48. The maximum Gasteiger partial charge on any atom is 0.243 e. The summed E-state index contributed by atoms with van der Waals surface area (Å²) in [5.74, 6) is 0.339. The molecule has 3 rings (SSSR count). The van der Waals surface area contributed by atoms with E-state index in [0.29, 0.717) is 43.4 Å². The number of carbonyl (C=O) groups excluding carboxylic acids is 1. The molecule has 24 heavy (non-hydrogen) atoms. The van der Waals surface area contributed by atoms with Gasteiger partial charge in [0.05, 0.1) is 4.90 Å². The van der Waals surface area contributed by atoms with Crippen LogP contribution in [0.3, 0.4) is 0 Å². The molecule has 1 saturated heterocycles. The highest BCUT2D eigenvalue weighted by atomic mass is 32.2. The van der Waals surface area contributed by atoms with Gasteiger partial charge < -0.3 is 10.6 Å². The van der Waals surface area contributed by atoms with Gasteiger partial charge in [-0.1, -0.05) is 0 Å². The lowest BCUT2D eigenvalue weighted by molar-refractivity contribution is -0.116. The Bertz CT molecular complexity index is 731. The number of nitrogens with zero attached hydrogens (tertiary/aromatic N) is 2. The molecule has 0 aliphatic carbocycles. The Labute approximate surface area is 143 Å². The van der Waals surface area contributed by atoms with Crippen molar-refractivity contribution in [1.82, 2.24) is 4.31 Å². The van der Waals surface area contributed by atoms with Crippen LogP contribution in [0.25, 0.3) is 0 Å². The summed E-state index contributed by atoms with van der Waals surface area (Å²) in [6.07, 6.45) is 3.49. The largest absolute Gasteiger partial charge is 0.330 e. The first kappa shape index (κ1) is 17.4. The minimum absolute atomic E-state index is 0.00925. The number of carbonyl (C=O) groups is 1. The Morgan fingerprint density at radius 1 is 1.33 bits per heavy atom. The number of fused-ring (bicyclic) bond motifs is 1. The summed E-state index contributed by atoms with van der Waals surface area (Å²) in [5.41, 5.74) is 7.39. The van der Waals surface area contributed by atoms with E-state index in [-0.39, 0.29) is 5.91 Å². The van der Waals surface area contributed by atoms with Gasteiger partial charge >= 0.3 is 0 Å². The fraction of sp³-hybridized carbons (Fsp3) is 0.588. The molecule has 0 aromatic heterocycles. The van der Waals surface area contributed by atoms with Crippen LogP contribution < -0.4 is 10.6 Å². The summed E-state index contributed by atoms with van der Waals surface area (Å²) < 4.78 is 27.5. The third-order valence-electron chi connectivity index (χ3n) is 5.02. The lowest BCUT2D eigenvalue weighted by Gasteiger charge is -2.32. The highest BCUT2D eigenvalue weighted by Gasteiger charge is 2.31. The second-order valence-electron chi connectivity index (χ2n) is 6.66. The third-order valence-corrected chi connectivity index (χ3v) is 6.88. The smallest absolute Gasteiger partial charge is 0.243 e. The van der Waals surface area contributed by atoms with Crippen molar-refractivity contribution in [3.8, 4) is 0 Å². The molecule has 1 atom stereocenters. The normalized spacial score (nSPS) is 21.8. The fourth-order valence-corrected chi connectivity index (χ4v) is 5.34. The van der Waals surface area contributed by atoms with Crippen molar-refractivity contribution in [2.45, 2.75) is 37.5 Å². The maximum atomic E-state index is 13.0. The molecule has 2 aliphatic rings. The number of amides is 1. The molecule has 0 saturated carbocycles. The molecule has 1 aromatic carbocycles. The molecule has 1 amide bonds. The highest BCUT2D eigenvalue weighted by molar-refractivity contribution is 7.89. The second kappa shape index (κ2) is 6.82. The first-order valence-corrected chi connectivity index (χ1v) is 9.98. The zero-order valence-electron chi connectivity index (χ0n) is 14.1. The minimum Gasteiger partial charge on any atom is -0.330 e. The second-order valence-corrected chi connectivity index (χ2v) is 8.60. The molecule has 2 heterocycles. The van der Waals surface area contributed by atoms with Crippen LogP contribution >= 0.6 is 0 Å². The summed E-state index contributed by atoms with van der Waals surface area (Å²) >= 11 is 0. The Balaban J connectivity index is 1.84. The molecule has 1 aromatic rings. The van der Waals surface area contributed by atoms with E-state index in [4.69, 9.17) is 5.73 Å². The number of anilines is 1. The van der Waals surface area contributed by atoms with E-state index in [9.17, 15) is 13.2 Å². The van der Waals surface area contributed by atoms with Crippen LogP contribution in [0.1, 0.15) is 31.7 Å². The van der Waals surface area contributed by atoms with Gasteiger partial charge in [-0.2, -0.15) is 4.31 Å². The van der Waals surface area contributed by atoms with Gasteiger partial charge in [-0.05, 0) is 61.9 Å². The summed E-state index contributed by atoms with van der Waals surface area (Å²) in [4.78, 5) is 13.7. The number of sulfonamides is 1. The Morgan fingerprint density at radius 2 is 2.12 bits per heavy atom. The molecule has 6 nitrogen and oxygen atoms in total. The van der Waals surface area contributed by atoms with Gasteiger partial charge in [0.2, 0.25) is 15.9 Å². The van der Waals surface area contributed by atoms with Gasteiger partial charge in [-0.3, -0.25) is 4.79 Å². The summed E-state index contributed by atoms with van der Waals surface area (Å²) in [6, 6.07) is 5.13. The van der Waals surface area contributed by atoms with Crippen LogP contribution in [0.2, 0.25) is 0 Å². The average Bonchev–Trinajstić information content (AvgIpc) is 2.98. The van der Waals surface area contributed by atoms with E-state index in [1.54, 1.807) is 27.4 Å². The number of benzene rings is 1. The van der Waals surface area contributed by atoms with Crippen LogP contribution in [-0.4, -0.2) is 44.8 Å². The molecule has 0 bridgehead atoms. The standard InChI is InChI=1S/C17H25N3O3S/c1-13(21)20-10-7-15-11-16(4-5-17(15)20)24(22,23)19-9-2-3-14(12-19)6-8-18/h4-5,11,14H,2-3,6-10,12,18H2,1H3. The lowest BCUT2D eigenvalue weighted by atomic mass is 9.96. The van der Waals surface area contributed by atoms with Crippen LogP contribution in [0.15, 0.2) is 23.1 Å². The molecule has 2 aliphatic heterocycles. The summed E-state index contributed by atoms with van der Waals surface area (Å²) in [7, 11) is -3.48. The first-order chi connectivity index (χ1) is 11.4. The van der Waals surface area contributed by atoms with Gasteiger partial charge in [-0.15, -0.1) is 0 Å². The van der Waals surface area contributed by atoms with Crippen LogP contribution in [0.5, 0.6) is 0 Å². The van der Waals surface area contributed by atoms with Gasteiger partial charge in [0.1, 0.15) is 0 Å². The quantitative estimate of drug-likeness (QED) is 0.887. The SMILES string of the molecule is CC(=O)N1CCc2cc(S(=O)(=O)N3CCCC(CCN)C3)ccc21. The van der Waals surface area contributed by atoms with Gasteiger partial charge in [0, 0.05) is 32.2 Å². The predicted molar refractivity (Wildman–Crippen MR) is 93.3 cm³/mol. The van der Waals surface area contributed by atoms with E-state index in [0.717, 1.165) is 30.5 Å². The monoisotopic (exact) mass is 351 g/mol. The number of hydrogen-bond donors (Lipinski definition) is 1. The van der Waals surface area contributed by atoms with E-state index >= 15 is 0 Å². The predicted octanol–water partition coefficient (Wildman–Crippen LogP) is 1.35. The Morgan fingerprint density at radius 3 is 2.83 bits per heavy atom. The maximum absolute atomic E-state index is 13.0. The van der Waals surface area contributed by atoms with Crippen LogP contribution in [-0.2, 0) is 21.2 Å². The molecule has 132 valence electrons. The zero-order valence-corrected chi connectivity index (χ0v) is 14.9. The number of nitrogens with two attached hydrogens (primary N) is 1. The van der Waals surface area contributed by atoms with E-state index in [1.807, 2.05) is 0 Å². The van der Waals surface area contributed by atoms with E-state index in [1.165, 1.54) is 6.92 Å². The third kappa shape index (κ3) is 3.20.